The molecule has 2 aromatic heterocycles. The Bertz CT molecular complexity index is 3190. The lowest BCUT2D eigenvalue weighted by molar-refractivity contribution is 0.669. The third kappa shape index (κ3) is 4.78. The number of nitrogens with zero attached hydrogens (tertiary/aromatic N) is 1. The van der Waals surface area contributed by atoms with E-state index < -0.39 is 0 Å². The Kier molecular flexibility index (Phi) is 6.76. The molecule has 0 atom stereocenters. The molecule has 0 aliphatic heterocycles. The molecule has 0 saturated carbocycles. The van der Waals surface area contributed by atoms with Crippen LogP contribution >= 0.6 is 11.3 Å². The van der Waals surface area contributed by atoms with Gasteiger partial charge >= 0.3 is 0 Å². The summed E-state index contributed by atoms with van der Waals surface area (Å²) in [5.74, 6) is 0. The van der Waals surface area contributed by atoms with Gasteiger partial charge in [-0.05, 0) is 81.4 Å². The molecule has 3 heteroatoms. The van der Waals surface area contributed by atoms with Crippen molar-refractivity contribution in [1.82, 2.24) is 0 Å². The highest BCUT2D eigenvalue weighted by Crippen LogP contribution is 2.50. The summed E-state index contributed by atoms with van der Waals surface area (Å²) in [6, 6.07) is 68.2. The van der Waals surface area contributed by atoms with Crippen molar-refractivity contribution in [2.45, 2.75) is 0 Å². The minimum Gasteiger partial charge on any atom is -0.456 e. The molecule has 2 heterocycles. The summed E-state index contributed by atoms with van der Waals surface area (Å²) in [5.41, 5.74) is 9.83. The normalized spacial score (nSPS) is 11.8. The molecule has 0 spiro atoms. The molecular weight excluding hydrogens is 663 g/mol. The quantitative estimate of drug-likeness (QED) is 0.167. The molecule has 0 unspecified atom stereocenters. The average molecular weight is 694 g/mol. The zero-order valence-corrected chi connectivity index (χ0v) is 29.5. The highest BCUT2D eigenvalue weighted by Gasteiger charge is 2.24. The summed E-state index contributed by atoms with van der Waals surface area (Å²) in [6.45, 7) is 0. The Balaban J connectivity index is 1.22. The molecule has 0 saturated heterocycles. The van der Waals surface area contributed by atoms with E-state index in [0.29, 0.717) is 0 Å². The van der Waals surface area contributed by atoms with Crippen LogP contribution in [0, 0.1) is 0 Å². The predicted molar refractivity (Wildman–Crippen MR) is 227 cm³/mol. The molecule has 0 radical (unpaired) electrons. The molecule has 11 aromatic rings. The van der Waals surface area contributed by atoms with Crippen molar-refractivity contribution in [3.05, 3.63) is 188 Å². The Hall–Kier alpha value is -6.68. The lowest BCUT2D eigenvalue weighted by Crippen LogP contribution is -2.12. The van der Waals surface area contributed by atoms with E-state index in [1.807, 2.05) is 23.5 Å². The zero-order chi connectivity index (χ0) is 34.9. The Labute approximate surface area is 310 Å². The van der Waals surface area contributed by atoms with E-state index >= 15 is 0 Å². The number of rotatable bonds is 5. The van der Waals surface area contributed by atoms with E-state index in [0.717, 1.165) is 39.0 Å². The number of thiophene rings is 1. The maximum Gasteiger partial charge on any atom is 0.135 e. The first-order valence-electron chi connectivity index (χ1n) is 18.0. The average Bonchev–Trinajstić information content (AvgIpc) is 3.79. The third-order valence-corrected chi connectivity index (χ3v) is 11.8. The van der Waals surface area contributed by atoms with E-state index in [-0.39, 0.29) is 0 Å². The summed E-state index contributed by atoms with van der Waals surface area (Å²) in [6.07, 6.45) is 0. The summed E-state index contributed by atoms with van der Waals surface area (Å²) in [5, 5.41) is 9.72. The topological polar surface area (TPSA) is 16.4 Å². The zero-order valence-electron chi connectivity index (χ0n) is 28.7. The van der Waals surface area contributed by atoms with Gasteiger partial charge in [0.05, 0.1) is 5.69 Å². The van der Waals surface area contributed by atoms with E-state index in [2.05, 4.69) is 181 Å². The van der Waals surface area contributed by atoms with Crippen LogP contribution in [0.4, 0.5) is 17.1 Å². The second-order valence-electron chi connectivity index (χ2n) is 13.7. The van der Waals surface area contributed by atoms with Gasteiger partial charge in [0.2, 0.25) is 0 Å². The Morgan fingerprint density at radius 3 is 1.79 bits per heavy atom. The first-order chi connectivity index (χ1) is 26.3. The van der Waals surface area contributed by atoms with E-state index in [4.69, 9.17) is 4.42 Å². The van der Waals surface area contributed by atoms with Crippen LogP contribution in [0.1, 0.15) is 0 Å². The lowest BCUT2D eigenvalue weighted by atomic mass is 9.90. The van der Waals surface area contributed by atoms with Crippen molar-refractivity contribution in [2.75, 3.05) is 4.90 Å². The molecular formula is C50H31NOS. The lowest BCUT2D eigenvalue weighted by Gasteiger charge is -2.31. The van der Waals surface area contributed by atoms with Gasteiger partial charge in [0, 0.05) is 53.3 Å². The Morgan fingerprint density at radius 1 is 0.340 bits per heavy atom. The molecule has 2 nitrogen and oxygen atoms in total. The summed E-state index contributed by atoms with van der Waals surface area (Å²) in [4.78, 5) is 2.47. The van der Waals surface area contributed by atoms with Gasteiger partial charge in [0.25, 0.3) is 0 Å². The Morgan fingerprint density at radius 2 is 0.943 bits per heavy atom. The van der Waals surface area contributed by atoms with Gasteiger partial charge in [-0.3, -0.25) is 0 Å². The number of benzene rings is 9. The van der Waals surface area contributed by atoms with Crippen LogP contribution < -0.4 is 4.90 Å². The highest BCUT2D eigenvalue weighted by atomic mass is 32.1. The van der Waals surface area contributed by atoms with Gasteiger partial charge in [-0.1, -0.05) is 140 Å². The maximum absolute atomic E-state index is 6.34. The minimum atomic E-state index is 0.881. The molecule has 0 N–H and O–H groups in total. The molecule has 0 fully saturated rings. The summed E-state index contributed by atoms with van der Waals surface area (Å²) >= 11 is 1.86. The largest absolute Gasteiger partial charge is 0.456 e. The molecule has 0 aliphatic carbocycles. The van der Waals surface area contributed by atoms with Crippen molar-refractivity contribution in [1.29, 1.82) is 0 Å². The second kappa shape index (κ2) is 11.9. The van der Waals surface area contributed by atoms with Crippen molar-refractivity contribution < 1.29 is 4.42 Å². The van der Waals surface area contributed by atoms with Gasteiger partial charge in [-0.15, -0.1) is 11.3 Å². The maximum atomic E-state index is 6.34. The van der Waals surface area contributed by atoms with E-state index in [1.165, 1.54) is 64.0 Å². The van der Waals surface area contributed by atoms with Crippen LogP contribution in [0.25, 0.3) is 85.9 Å². The second-order valence-corrected chi connectivity index (χ2v) is 14.7. The molecule has 11 rings (SSSR count). The van der Waals surface area contributed by atoms with Gasteiger partial charge in [-0.25, -0.2) is 0 Å². The number of anilines is 3. The number of para-hydroxylation sites is 1. The molecule has 0 amide bonds. The first-order valence-corrected chi connectivity index (χ1v) is 18.8. The standard InChI is InChI=1S/C50H31NOS/c1-2-13-32(14-3-1)49-42-21-6-4-17-37(42)38-18-5-7-22-43(38)50(49)51(36-26-28-46-44(31-36)39-19-8-10-23-45(39)52-46)35-16-12-15-33(29-35)34-25-27-41-40-20-9-11-24-47(40)53-48(41)30-34/h1-31H. The van der Waals surface area contributed by atoms with Crippen LogP contribution in [0.15, 0.2) is 192 Å². The predicted octanol–water partition coefficient (Wildman–Crippen LogP) is 15.1. The van der Waals surface area contributed by atoms with Crippen molar-refractivity contribution >= 4 is 92.1 Å². The number of hydrogen-bond acceptors (Lipinski definition) is 3. The minimum absolute atomic E-state index is 0.881. The van der Waals surface area contributed by atoms with E-state index in [1.54, 1.807) is 0 Å². The van der Waals surface area contributed by atoms with Gasteiger partial charge < -0.3 is 9.32 Å². The molecule has 248 valence electrons. The SMILES string of the molecule is c1ccc(-c2c(N(c3cccc(-c4ccc5c(c4)sc4ccccc45)c3)c3ccc4oc5ccccc5c4c3)c3ccccc3c3ccccc23)cc1. The summed E-state index contributed by atoms with van der Waals surface area (Å²) < 4.78 is 8.95. The van der Waals surface area contributed by atoms with Crippen LogP contribution in [0.3, 0.4) is 0 Å². The summed E-state index contributed by atoms with van der Waals surface area (Å²) in [7, 11) is 0. The third-order valence-electron chi connectivity index (χ3n) is 10.6. The van der Waals surface area contributed by atoms with Crippen molar-refractivity contribution in [3.63, 3.8) is 0 Å². The molecule has 53 heavy (non-hydrogen) atoms. The van der Waals surface area contributed by atoms with Gasteiger partial charge in [0.15, 0.2) is 0 Å². The van der Waals surface area contributed by atoms with Crippen LogP contribution in [0.2, 0.25) is 0 Å². The van der Waals surface area contributed by atoms with Crippen LogP contribution in [-0.2, 0) is 0 Å². The molecule has 9 aromatic carbocycles. The van der Waals surface area contributed by atoms with Crippen LogP contribution in [-0.4, -0.2) is 0 Å². The fraction of sp³-hybridized carbons (Fsp3) is 0. The molecule has 0 aliphatic rings. The molecule has 0 bridgehead atoms. The number of furan rings is 1. The first kappa shape index (κ1) is 30.0. The highest BCUT2D eigenvalue weighted by molar-refractivity contribution is 7.25. The number of fused-ring (bicyclic) bond motifs is 9. The smallest absolute Gasteiger partial charge is 0.135 e. The van der Waals surface area contributed by atoms with Crippen molar-refractivity contribution in [2.24, 2.45) is 0 Å². The number of hydrogen-bond donors (Lipinski definition) is 0. The van der Waals surface area contributed by atoms with Crippen molar-refractivity contribution in [3.8, 4) is 22.3 Å². The monoisotopic (exact) mass is 693 g/mol. The van der Waals surface area contributed by atoms with Gasteiger partial charge in [0.1, 0.15) is 11.2 Å². The van der Waals surface area contributed by atoms with Gasteiger partial charge in [-0.2, -0.15) is 0 Å². The fourth-order valence-corrected chi connectivity index (χ4v) is 9.39. The fourth-order valence-electron chi connectivity index (χ4n) is 8.24. The van der Waals surface area contributed by atoms with Crippen LogP contribution in [0.5, 0.6) is 0 Å². The van der Waals surface area contributed by atoms with E-state index in [9.17, 15) is 0 Å².